The lowest BCUT2D eigenvalue weighted by Gasteiger charge is -2.13. The normalized spacial score (nSPS) is 12.2. The second kappa shape index (κ2) is 6.57. The molecule has 0 aliphatic heterocycles. The average Bonchev–Trinajstić information content (AvgIpc) is 2.37. The summed E-state index contributed by atoms with van der Waals surface area (Å²) in [4.78, 5) is 0. The first-order valence-electron chi connectivity index (χ1n) is 5.96. The lowest BCUT2D eigenvalue weighted by Crippen LogP contribution is -2.02. The third kappa shape index (κ3) is 3.72. The highest BCUT2D eigenvalue weighted by molar-refractivity contribution is 9.10. The Bertz CT molecular complexity index is 599. The molecule has 106 valence electrons. The smallest absolute Gasteiger partial charge is 0.133 e. The molecule has 20 heavy (non-hydrogen) atoms. The van der Waals surface area contributed by atoms with Crippen molar-refractivity contribution in [2.24, 2.45) is 0 Å². The summed E-state index contributed by atoms with van der Waals surface area (Å²) < 4.78 is 19.2. The molecular weight excluding hydrogens is 347 g/mol. The second-order valence-electron chi connectivity index (χ2n) is 4.39. The fourth-order valence-corrected chi connectivity index (χ4v) is 2.76. The zero-order valence-electron chi connectivity index (χ0n) is 10.7. The maximum Gasteiger partial charge on any atom is 0.133 e. The minimum atomic E-state index is -0.816. The van der Waals surface area contributed by atoms with Crippen LogP contribution >= 0.6 is 27.5 Å². The molecule has 2 aromatic carbocycles. The van der Waals surface area contributed by atoms with Crippen LogP contribution in [0.5, 0.6) is 5.75 Å². The fourth-order valence-electron chi connectivity index (χ4n) is 1.95. The number of aliphatic hydroxyl groups is 1. The van der Waals surface area contributed by atoms with E-state index in [1.165, 1.54) is 12.1 Å². The van der Waals surface area contributed by atoms with E-state index in [-0.39, 0.29) is 5.02 Å². The van der Waals surface area contributed by atoms with Gasteiger partial charge in [0, 0.05) is 11.4 Å². The minimum Gasteiger partial charge on any atom is -0.496 e. The third-order valence-corrected chi connectivity index (χ3v) is 3.75. The number of methoxy groups -OCH3 is 1. The molecule has 0 radical (unpaired) electrons. The van der Waals surface area contributed by atoms with Crippen LogP contribution in [-0.4, -0.2) is 12.2 Å². The van der Waals surface area contributed by atoms with E-state index in [0.29, 0.717) is 12.0 Å². The molecule has 2 aromatic rings. The monoisotopic (exact) mass is 358 g/mol. The van der Waals surface area contributed by atoms with Crippen molar-refractivity contribution in [1.29, 1.82) is 0 Å². The molecule has 2 rings (SSSR count). The van der Waals surface area contributed by atoms with E-state index in [1.807, 2.05) is 18.2 Å². The molecular formula is C15H13BrClFO2. The summed E-state index contributed by atoms with van der Waals surface area (Å²) in [5.74, 6) is 0.263. The van der Waals surface area contributed by atoms with E-state index in [1.54, 1.807) is 13.2 Å². The highest BCUT2D eigenvalue weighted by Crippen LogP contribution is 2.28. The van der Waals surface area contributed by atoms with E-state index in [2.05, 4.69) is 15.9 Å². The standard InChI is InChI=1S/C15H13BrClFO2/c1-20-15-3-2-9(4-13(15)16)5-14(19)10-6-11(17)8-12(18)7-10/h2-4,6-8,14,19H,5H2,1H3. The maximum absolute atomic E-state index is 13.3. The summed E-state index contributed by atoms with van der Waals surface area (Å²) in [6.45, 7) is 0. The summed E-state index contributed by atoms with van der Waals surface area (Å²) in [5, 5.41) is 10.4. The van der Waals surface area contributed by atoms with Crippen molar-refractivity contribution in [2.75, 3.05) is 7.11 Å². The Hall–Kier alpha value is -1.10. The van der Waals surface area contributed by atoms with E-state index in [9.17, 15) is 9.50 Å². The lowest BCUT2D eigenvalue weighted by atomic mass is 10.0. The van der Waals surface area contributed by atoms with Crippen molar-refractivity contribution < 1.29 is 14.2 Å². The number of hydrogen-bond donors (Lipinski definition) is 1. The predicted octanol–water partition coefficient (Wildman–Crippen LogP) is 4.53. The van der Waals surface area contributed by atoms with Gasteiger partial charge in [-0.25, -0.2) is 4.39 Å². The molecule has 0 fully saturated rings. The molecule has 0 spiro atoms. The van der Waals surface area contributed by atoms with E-state index in [0.717, 1.165) is 15.8 Å². The Morgan fingerprint density at radius 3 is 2.65 bits per heavy atom. The van der Waals surface area contributed by atoms with Gasteiger partial charge < -0.3 is 9.84 Å². The predicted molar refractivity (Wildman–Crippen MR) is 80.8 cm³/mol. The van der Waals surface area contributed by atoms with Crippen molar-refractivity contribution >= 4 is 27.5 Å². The van der Waals surface area contributed by atoms with E-state index in [4.69, 9.17) is 16.3 Å². The van der Waals surface area contributed by atoms with Gasteiger partial charge in [-0.1, -0.05) is 17.7 Å². The molecule has 1 unspecified atom stereocenters. The molecule has 1 atom stereocenters. The average molecular weight is 360 g/mol. The van der Waals surface area contributed by atoms with Crippen LogP contribution in [0.25, 0.3) is 0 Å². The summed E-state index contributed by atoms with van der Waals surface area (Å²) in [7, 11) is 1.59. The molecule has 0 heterocycles. The quantitative estimate of drug-likeness (QED) is 0.869. The van der Waals surface area contributed by atoms with Gasteiger partial charge in [0.1, 0.15) is 11.6 Å². The molecule has 1 N–H and O–H groups in total. The van der Waals surface area contributed by atoms with Gasteiger partial charge in [0.15, 0.2) is 0 Å². The second-order valence-corrected chi connectivity index (χ2v) is 5.68. The van der Waals surface area contributed by atoms with Gasteiger partial charge in [-0.15, -0.1) is 0 Å². The molecule has 0 aliphatic carbocycles. The van der Waals surface area contributed by atoms with Gasteiger partial charge in [-0.05, 0) is 57.4 Å². The van der Waals surface area contributed by atoms with Gasteiger partial charge in [0.2, 0.25) is 0 Å². The largest absolute Gasteiger partial charge is 0.496 e. The Kier molecular flexibility index (Phi) is 5.02. The van der Waals surface area contributed by atoms with Gasteiger partial charge in [-0.2, -0.15) is 0 Å². The third-order valence-electron chi connectivity index (χ3n) is 2.91. The van der Waals surface area contributed by atoms with Crippen LogP contribution in [0.4, 0.5) is 4.39 Å². The molecule has 0 aromatic heterocycles. The number of rotatable bonds is 4. The Balaban J connectivity index is 2.18. The van der Waals surface area contributed by atoms with E-state index >= 15 is 0 Å². The molecule has 5 heteroatoms. The highest BCUT2D eigenvalue weighted by atomic mass is 79.9. The van der Waals surface area contributed by atoms with Gasteiger partial charge >= 0.3 is 0 Å². The van der Waals surface area contributed by atoms with Crippen LogP contribution < -0.4 is 4.74 Å². The topological polar surface area (TPSA) is 29.5 Å². The van der Waals surface area contributed by atoms with Crippen LogP contribution in [0.2, 0.25) is 5.02 Å². The van der Waals surface area contributed by atoms with Crippen LogP contribution in [0.3, 0.4) is 0 Å². The van der Waals surface area contributed by atoms with Crippen LogP contribution in [-0.2, 0) is 6.42 Å². The first kappa shape index (κ1) is 15.3. The van der Waals surface area contributed by atoms with Crippen LogP contribution in [0.1, 0.15) is 17.2 Å². The molecule has 0 bridgehead atoms. The summed E-state index contributed by atoms with van der Waals surface area (Å²) in [5.41, 5.74) is 1.37. The lowest BCUT2D eigenvalue weighted by molar-refractivity contribution is 0.178. The number of benzene rings is 2. The van der Waals surface area contributed by atoms with Crippen LogP contribution in [0.15, 0.2) is 40.9 Å². The summed E-state index contributed by atoms with van der Waals surface area (Å²) >= 11 is 9.18. The minimum absolute atomic E-state index is 0.273. The van der Waals surface area contributed by atoms with Gasteiger partial charge in [0.05, 0.1) is 17.7 Å². The zero-order valence-corrected chi connectivity index (χ0v) is 13.1. The first-order chi connectivity index (χ1) is 9.49. The molecule has 0 amide bonds. The van der Waals surface area contributed by atoms with Crippen molar-refractivity contribution in [3.8, 4) is 5.75 Å². The summed E-state index contributed by atoms with van der Waals surface area (Å²) in [6, 6.07) is 9.59. The number of ether oxygens (including phenoxy) is 1. The van der Waals surface area contributed by atoms with Crippen molar-refractivity contribution in [2.45, 2.75) is 12.5 Å². The molecule has 0 saturated heterocycles. The number of halogens is 3. The van der Waals surface area contributed by atoms with Crippen molar-refractivity contribution in [3.63, 3.8) is 0 Å². The van der Waals surface area contributed by atoms with Crippen molar-refractivity contribution in [1.82, 2.24) is 0 Å². The zero-order chi connectivity index (χ0) is 14.7. The Morgan fingerprint density at radius 1 is 1.30 bits per heavy atom. The number of aliphatic hydroxyl groups excluding tert-OH is 1. The van der Waals surface area contributed by atoms with Crippen LogP contribution in [0, 0.1) is 5.82 Å². The van der Waals surface area contributed by atoms with Gasteiger partial charge in [0.25, 0.3) is 0 Å². The SMILES string of the molecule is COc1ccc(CC(O)c2cc(F)cc(Cl)c2)cc1Br. The molecule has 2 nitrogen and oxygen atoms in total. The summed E-state index contributed by atoms with van der Waals surface area (Å²) in [6.07, 6.45) is -0.453. The molecule has 0 saturated carbocycles. The maximum atomic E-state index is 13.3. The molecule has 0 aliphatic rings. The van der Waals surface area contributed by atoms with Gasteiger partial charge in [-0.3, -0.25) is 0 Å². The van der Waals surface area contributed by atoms with E-state index < -0.39 is 11.9 Å². The fraction of sp³-hybridized carbons (Fsp3) is 0.200. The van der Waals surface area contributed by atoms with Crippen molar-refractivity contribution in [3.05, 3.63) is 62.8 Å². The number of hydrogen-bond acceptors (Lipinski definition) is 2. The Morgan fingerprint density at radius 2 is 2.05 bits per heavy atom. The first-order valence-corrected chi connectivity index (χ1v) is 7.13. The highest BCUT2D eigenvalue weighted by Gasteiger charge is 2.12. The Labute approximate surface area is 130 Å².